The molecular weight excluding hydrogens is 384 g/mol. The third-order valence-electron chi connectivity index (χ3n) is 4.59. The molecule has 2 aromatic carbocycles. The molecule has 0 aliphatic carbocycles. The number of ether oxygens (including phenoxy) is 1. The van der Waals surface area contributed by atoms with Crippen LogP contribution in [0.4, 0.5) is 11.6 Å². The topological polar surface area (TPSA) is 118 Å². The van der Waals surface area contributed by atoms with E-state index in [9.17, 15) is 9.59 Å². The summed E-state index contributed by atoms with van der Waals surface area (Å²) in [5.74, 6) is 0.437. The number of benzene rings is 2. The van der Waals surface area contributed by atoms with E-state index < -0.39 is 6.04 Å². The fraction of sp³-hybridized carbons (Fsp3) is 0.190. The van der Waals surface area contributed by atoms with Gasteiger partial charge in [-0.15, -0.1) is 0 Å². The number of methoxy groups -OCH3 is 1. The van der Waals surface area contributed by atoms with E-state index in [0.717, 1.165) is 11.1 Å². The molecule has 0 radical (unpaired) electrons. The summed E-state index contributed by atoms with van der Waals surface area (Å²) < 4.78 is 5.24. The Hall–Kier alpha value is -4.01. The minimum Gasteiger partial charge on any atom is -0.497 e. The van der Waals surface area contributed by atoms with Crippen LogP contribution in [0.25, 0.3) is 10.9 Å². The highest BCUT2D eigenvalue weighted by Gasteiger charge is 2.27. The second-order valence-electron chi connectivity index (χ2n) is 6.74. The predicted molar refractivity (Wildman–Crippen MR) is 114 cm³/mol. The molecule has 0 unspecified atom stereocenters. The summed E-state index contributed by atoms with van der Waals surface area (Å²) >= 11 is 0. The van der Waals surface area contributed by atoms with Gasteiger partial charge in [-0.05, 0) is 37.3 Å². The van der Waals surface area contributed by atoms with E-state index in [4.69, 9.17) is 4.74 Å². The molecule has 3 N–H and O–H groups in total. The number of carbonyl (C=O) groups is 2. The number of amides is 2. The number of fused-ring (bicyclic) bond motifs is 1. The maximum absolute atomic E-state index is 12.5. The molecule has 2 heterocycles. The lowest BCUT2D eigenvalue weighted by atomic mass is 10.1. The Morgan fingerprint density at radius 3 is 2.73 bits per heavy atom. The third kappa shape index (κ3) is 4.19. The van der Waals surface area contributed by atoms with Gasteiger partial charge in [0.15, 0.2) is 0 Å². The van der Waals surface area contributed by atoms with Gasteiger partial charge in [0.25, 0.3) is 0 Å². The van der Waals surface area contributed by atoms with Crippen LogP contribution in [-0.4, -0.2) is 40.9 Å². The summed E-state index contributed by atoms with van der Waals surface area (Å²) in [6, 6.07) is 13.7. The number of aliphatic imine (C=N–C) groups is 1. The first-order chi connectivity index (χ1) is 14.5. The monoisotopic (exact) mass is 404 g/mol. The first-order valence-corrected chi connectivity index (χ1v) is 9.35. The van der Waals surface area contributed by atoms with Crippen LogP contribution in [0.2, 0.25) is 0 Å². The number of hydrogen-bond donors (Lipinski definition) is 3. The van der Waals surface area contributed by atoms with Gasteiger partial charge in [0.2, 0.25) is 23.7 Å². The fourth-order valence-corrected chi connectivity index (χ4v) is 3.10. The van der Waals surface area contributed by atoms with Gasteiger partial charge >= 0.3 is 0 Å². The van der Waals surface area contributed by atoms with Crippen LogP contribution in [0.3, 0.4) is 0 Å². The first kappa shape index (κ1) is 19.3. The van der Waals surface area contributed by atoms with Crippen molar-refractivity contribution in [1.29, 1.82) is 0 Å². The predicted octanol–water partition coefficient (Wildman–Crippen LogP) is 2.24. The summed E-state index contributed by atoms with van der Waals surface area (Å²) in [6.45, 7) is 1.85. The normalized spacial score (nSPS) is 15.9. The Balaban J connectivity index is 1.55. The van der Waals surface area contributed by atoms with Crippen LogP contribution in [0, 0.1) is 6.92 Å². The Kier molecular flexibility index (Phi) is 5.25. The van der Waals surface area contributed by atoms with Crippen LogP contribution in [0.1, 0.15) is 12.1 Å². The van der Waals surface area contributed by atoms with Gasteiger partial charge in [-0.25, -0.2) is 15.0 Å². The minimum absolute atomic E-state index is 0.0404. The summed E-state index contributed by atoms with van der Waals surface area (Å²) in [5.41, 5.74) is 2.09. The molecule has 1 atom stereocenters. The molecular formula is C21H20N6O3. The lowest BCUT2D eigenvalue weighted by Gasteiger charge is -2.21. The molecule has 0 fully saturated rings. The Bertz CT molecular complexity index is 1150. The van der Waals surface area contributed by atoms with Crippen molar-refractivity contribution in [1.82, 2.24) is 15.3 Å². The molecule has 1 aromatic heterocycles. The van der Waals surface area contributed by atoms with Crippen LogP contribution in [0.5, 0.6) is 5.75 Å². The Labute approximate surface area is 172 Å². The van der Waals surface area contributed by atoms with Crippen molar-refractivity contribution in [3.8, 4) is 5.75 Å². The highest BCUT2D eigenvalue weighted by atomic mass is 16.5. The first-order valence-electron chi connectivity index (χ1n) is 9.35. The summed E-state index contributed by atoms with van der Waals surface area (Å²) in [5, 5.41) is 9.15. The van der Waals surface area contributed by atoms with Gasteiger partial charge in [-0.2, -0.15) is 0 Å². The van der Waals surface area contributed by atoms with Crippen molar-refractivity contribution in [3.05, 3.63) is 54.2 Å². The average Bonchev–Trinajstić information content (AvgIpc) is 2.74. The second kappa shape index (κ2) is 8.16. The van der Waals surface area contributed by atoms with Crippen LogP contribution in [-0.2, 0) is 9.59 Å². The van der Waals surface area contributed by atoms with E-state index in [1.165, 1.54) is 0 Å². The number of aryl methyl sites for hydroxylation is 1. The second-order valence-corrected chi connectivity index (χ2v) is 6.74. The molecule has 0 saturated heterocycles. The number of hydrogen-bond acceptors (Lipinski definition) is 7. The standard InChI is InChI=1S/C21H20N6O3/c1-12-15-10-14(30-2)8-9-16(15)24-20(22-12)27-21-25-17(11-18(28)26-21)19(29)23-13-6-4-3-5-7-13/h3-10,17H,11H2,1-2H3,(H,23,29)(H2,22,24,25,26,27,28)/t17-/m1/s1. The molecule has 9 heteroatoms. The highest BCUT2D eigenvalue weighted by molar-refractivity contribution is 6.09. The SMILES string of the molecule is COc1ccc2nc(NC3=N[C@@H](C(=O)Nc4ccccc4)CC(=O)N3)nc(C)c2c1. The van der Waals surface area contributed by atoms with Gasteiger partial charge in [-0.1, -0.05) is 18.2 Å². The van der Waals surface area contributed by atoms with Crippen molar-refractivity contribution >= 4 is 40.3 Å². The minimum atomic E-state index is -0.854. The van der Waals surface area contributed by atoms with E-state index in [0.29, 0.717) is 17.0 Å². The van der Waals surface area contributed by atoms with E-state index in [-0.39, 0.29) is 30.1 Å². The maximum atomic E-state index is 12.5. The van der Waals surface area contributed by atoms with Crippen molar-refractivity contribution < 1.29 is 14.3 Å². The molecule has 2 amide bonds. The van der Waals surface area contributed by atoms with Crippen molar-refractivity contribution in [2.45, 2.75) is 19.4 Å². The largest absolute Gasteiger partial charge is 0.497 e. The Morgan fingerprint density at radius 2 is 1.97 bits per heavy atom. The molecule has 3 aromatic rings. The van der Waals surface area contributed by atoms with Gasteiger partial charge in [0.05, 0.1) is 24.7 Å². The molecule has 0 bridgehead atoms. The van der Waals surface area contributed by atoms with E-state index in [2.05, 4.69) is 30.9 Å². The van der Waals surface area contributed by atoms with Crippen LogP contribution in [0.15, 0.2) is 53.5 Å². The fourth-order valence-electron chi connectivity index (χ4n) is 3.10. The maximum Gasteiger partial charge on any atom is 0.249 e. The van der Waals surface area contributed by atoms with Gasteiger partial charge in [0, 0.05) is 11.1 Å². The zero-order chi connectivity index (χ0) is 21.1. The van der Waals surface area contributed by atoms with Gasteiger partial charge in [-0.3, -0.25) is 20.2 Å². The zero-order valence-electron chi connectivity index (χ0n) is 16.5. The molecule has 30 heavy (non-hydrogen) atoms. The zero-order valence-corrected chi connectivity index (χ0v) is 16.5. The number of anilines is 2. The molecule has 1 aliphatic rings. The molecule has 0 spiro atoms. The van der Waals surface area contributed by atoms with Crippen molar-refractivity contribution in [2.24, 2.45) is 4.99 Å². The molecule has 0 saturated carbocycles. The third-order valence-corrected chi connectivity index (χ3v) is 4.59. The van der Waals surface area contributed by atoms with E-state index in [1.807, 2.05) is 43.3 Å². The smallest absolute Gasteiger partial charge is 0.249 e. The highest BCUT2D eigenvalue weighted by Crippen LogP contribution is 2.22. The Morgan fingerprint density at radius 1 is 1.17 bits per heavy atom. The van der Waals surface area contributed by atoms with E-state index in [1.54, 1.807) is 19.2 Å². The quantitative estimate of drug-likeness (QED) is 0.614. The molecule has 1 aliphatic heterocycles. The van der Waals surface area contributed by atoms with Crippen LogP contribution < -0.4 is 20.7 Å². The number of rotatable bonds is 4. The summed E-state index contributed by atoms with van der Waals surface area (Å²) in [6.07, 6.45) is -0.0404. The number of para-hydroxylation sites is 1. The van der Waals surface area contributed by atoms with E-state index >= 15 is 0 Å². The average molecular weight is 404 g/mol. The van der Waals surface area contributed by atoms with Crippen LogP contribution >= 0.6 is 0 Å². The molecule has 152 valence electrons. The lowest BCUT2D eigenvalue weighted by molar-refractivity contribution is -0.124. The lowest BCUT2D eigenvalue weighted by Crippen LogP contribution is -2.46. The number of nitrogens with zero attached hydrogens (tertiary/aromatic N) is 3. The summed E-state index contributed by atoms with van der Waals surface area (Å²) in [7, 11) is 1.60. The molecule has 9 nitrogen and oxygen atoms in total. The number of nitrogens with one attached hydrogen (secondary N) is 3. The van der Waals surface area contributed by atoms with Gasteiger partial charge < -0.3 is 10.1 Å². The van der Waals surface area contributed by atoms with Gasteiger partial charge in [0.1, 0.15) is 11.8 Å². The number of carbonyl (C=O) groups excluding carboxylic acids is 2. The number of guanidine groups is 1. The summed E-state index contributed by atoms with van der Waals surface area (Å²) in [4.78, 5) is 37.8. The van der Waals surface area contributed by atoms with Crippen molar-refractivity contribution in [2.75, 3.05) is 17.7 Å². The molecule has 4 rings (SSSR count). The number of aromatic nitrogens is 2. The van der Waals surface area contributed by atoms with Crippen molar-refractivity contribution in [3.63, 3.8) is 0 Å².